The number of urea groups is 2. The molecule has 4 heterocycles. The molecular weight excluding hydrogens is 873 g/mol. The van der Waals surface area contributed by atoms with E-state index >= 15 is 0 Å². The van der Waals surface area contributed by atoms with Crippen molar-refractivity contribution in [3.63, 3.8) is 0 Å². The third kappa shape index (κ3) is 11.5. The SMILES string of the molecule is CCC1Cc2cc(OC)c(OC)cc2C(c2ccc(N3CCN(C)CC3)cc2)=NN1C(=O)NC.CCOc1cc2c(cc1OCC)C(c1ccc(N3CCN(C)CC3)cc1)=NN(C(=O)NC)C(C)C2. The van der Waals surface area contributed by atoms with Crippen LogP contribution in [0.5, 0.6) is 23.0 Å². The van der Waals surface area contributed by atoms with Crippen LogP contribution in [-0.2, 0) is 12.8 Å². The lowest BCUT2D eigenvalue weighted by atomic mass is 9.93. The molecule has 2 unspecified atom stereocenters. The fourth-order valence-electron chi connectivity index (χ4n) is 9.31. The molecule has 0 bridgehead atoms. The average Bonchev–Trinajstić information content (AvgIpc) is 3.63. The molecule has 370 valence electrons. The first-order valence-electron chi connectivity index (χ1n) is 24.4. The number of methoxy groups -OCH3 is 2. The van der Waals surface area contributed by atoms with Gasteiger partial charge in [0, 0.05) is 100 Å². The topological polar surface area (TPSA) is 139 Å². The lowest BCUT2D eigenvalue weighted by Gasteiger charge is -2.34. The second-order valence-corrected chi connectivity index (χ2v) is 17.9. The summed E-state index contributed by atoms with van der Waals surface area (Å²) in [6, 6.07) is 24.4. The quantitative estimate of drug-likeness (QED) is 0.166. The van der Waals surface area contributed by atoms with Gasteiger partial charge < -0.3 is 49.2 Å². The Morgan fingerprint density at radius 3 is 1.43 bits per heavy atom. The summed E-state index contributed by atoms with van der Waals surface area (Å²) in [5, 5.41) is 18.4. The van der Waals surface area contributed by atoms with E-state index in [9.17, 15) is 9.59 Å². The Balaban J connectivity index is 0.000000204. The van der Waals surface area contributed by atoms with Crippen LogP contribution in [0.1, 0.15) is 67.5 Å². The number of hydrazone groups is 2. The van der Waals surface area contributed by atoms with E-state index in [1.165, 1.54) is 11.4 Å². The van der Waals surface area contributed by atoms with Gasteiger partial charge in [0.15, 0.2) is 23.0 Å². The molecule has 16 heteroatoms. The Morgan fingerprint density at radius 1 is 0.580 bits per heavy atom. The number of nitrogens with one attached hydrogen (secondary N) is 2. The molecule has 69 heavy (non-hydrogen) atoms. The fourth-order valence-corrected chi connectivity index (χ4v) is 9.31. The first-order valence-corrected chi connectivity index (χ1v) is 24.4. The van der Waals surface area contributed by atoms with Crippen molar-refractivity contribution >= 4 is 34.9 Å². The van der Waals surface area contributed by atoms with Gasteiger partial charge in [-0.3, -0.25) is 0 Å². The largest absolute Gasteiger partial charge is 0.493 e. The molecule has 4 aromatic carbocycles. The Labute approximate surface area is 408 Å². The summed E-state index contributed by atoms with van der Waals surface area (Å²) < 4.78 is 23.0. The normalized spacial score (nSPS) is 18.5. The van der Waals surface area contributed by atoms with Crippen LogP contribution in [-0.4, -0.2) is 163 Å². The van der Waals surface area contributed by atoms with Crippen molar-refractivity contribution in [2.45, 2.75) is 59.0 Å². The molecule has 16 nitrogen and oxygen atoms in total. The van der Waals surface area contributed by atoms with E-state index in [0.29, 0.717) is 43.3 Å². The summed E-state index contributed by atoms with van der Waals surface area (Å²) >= 11 is 0. The molecule has 0 spiro atoms. The van der Waals surface area contributed by atoms with Crippen LogP contribution in [0.2, 0.25) is 0 Å². The summed E-state index contributed by atoms with van der Waals surface area (Å²) in [5.41, 5.74) is 9.90. The van der Waals surface area contributed by atoms with E-state index in [1.807, 2.05) is 45.0 Å². The van der Waals surface area contributed by atoms with Crippen molar-refractivity contribution in [1.82, 2.24) is 30.5 Å². The van der Waals surface area contributed by atoms with Gasteiger partial charge in [-0.25, -0.2) is 19.6 Å². The van der Waals surface area contributed by atoms with Gasteiger partial charge in [0.25, 0.3) is 0 Å². The molecular formula is C53H72N10O6. The summed E-state index contributed by atoms with van der Waals surface area (Å²) in [6.07, 6.45) is 2.11. The number of ether oxygens (including phenoxy) is 4. The summed E-state index contributed by atoms with van der Waals surface area (Å²) in [4.78, 5) is 35.0. The van der Waals surface area contributed by atoms with Gasteiger partial charge in [-0.1, -0.05) is 31.2 Å². The minimum absolute atomic E-state index is 0.0705. The maximum atomic E-state index is 12.8. The second kappa shape index (κ2) is 23.2. The molecule has 4 amide bonds. The van der Waals surface area contributed by atoms with E-state index in [4.69, 9.17) is 29.2 Å². The predicted molar refractivity (Wildman–Crippen MR) is 275 cm³/mol. The monoisotopic (exact) mass is 945 g/mol. The van der Waals surface area contributed by atoms with E-state index in [2.05, 4.69) is 99.8 Å². The number of anilines is 2. The number of carbonyl (C=O) groups excluding carboxylic acids is 2. The molecule has 4 aliphatic heterocycles. The predicted octanol–water partition coefficient (Wildman–Crippen LogP) is 6.76. The molecule has 2 N–H and O–H groups in total. The average molecular weight is 945 g/mol. The van der Waals surface area contributed by atoms with Crippen LogP contribution in [0.15, 0.2) is 83.0 Å². The first kappa shape index (κ1) is 50.4. The van der Waals surface area contributed by atoms with Crippen molar-refractivity contribution in [3.05, 3.63) is 106 Å². The van der Waals surface area contributed by atoms with E-state index in [-0.39, 0.29) is 24.1 Å². The molecule has 2 saturated heterocycles. The minimum Gasteiger partial charge on any atom is -0.493 e. The number of fused-ring (bicyclic) bond motifs is 2. The van der Waals surface area contributed by atoms with Gasteiger partial charge in [0.1, 0.15) is 0 Å². The van der Waals surface area contributed by atoms with E-state index in [1.54, 1.807) is 38.3 Å². The maximum absolute atomic E-state index is 12.8. The Kier molecular flexibility index (Phi) is 16.9. The highest BCUT2D eigenvalue weighted by molar-refractivity contribution is 6.15. The zero-order valence-electron chi connectivity index (χ0n) is 42.3. The number of benzene rings is 4. The van der Waals surface area contributed by atoms with Crippen molar-refractivity contribution in [3.8, 4) is 23.0 Å². The lowest BCUT2D eigenvalue weighted by molar-refractivity contribution is 0.177. The first-order chi connectivity index (χ1) is 33.4. The Hall–Kier alpha value is -6.52. The molecule has 0 saturated carbocycles. The molecule has 2 fully saturated rings. The van der Waals surface area contributed by atoms with Crippen molar-refractivity contribution in [1.29, 1.82) is 0 Å². The summed E-state index contributed by atoms with van der Waals surface area (Å²) in [5.74, 6) is 2.73. The highest BCUT2D eigenvalue weighted by Crippen LogP contribution is 2.37. The minimum atomic E-state index is -0.230. The van der Waals surface area contributed by atoms with Crippen molar-refractivity contribution in [2.75, 3.05) is 118 Å². The van der Waals surface area contributed by atoms with Crippen LogP contribution in [0.3, 0.4) is 0 Å². The third-order valence-electron chi connectivity index (χ3n) is 13.4. The van der Waals surface area contributed by atoms with Crippen molar-refractivity contribution in [2.24, 2.45) is 10.2 Å². The number of nitrogens with zero attached hydrogens (tertiary/aromatic N) is 8. The molecule has 0 radical (unpaired) electrons. The second-order valence-electron chi connectivity index (χ2n) is 17.9. The molecule has 2 atom stereocenters. The number of carbonyl (C=O) groups is 2. The summed E-state index contributed by atoms with van der Waals surface area (Å²) in [7, 11) is 10.9. The number of hydrogen-bond donors (Lipinski definition) is 2. The molecule has 8 rings (SSSR count). The molecule has 0 aromatic heterocycles. The van der Waals surface area contributed by atoms with E-state index in [0.717, 1.165) is 109 Å². The standard InChI is InChI=1S/C27H37N5O3.C26H35N5O3/c1-6-34-24-17-21-16-19(3)32(27(33)28-4)29-26(23(21)18-25(24)35-7-2)20-8-10-22(11-9-20)31-14-12-30(5)13-15-31;1-6-20-15-19-16-23(33-4)24(34-5)17-22(19)25(28-31(20)26(32)27-2)18-7-9-21(10-8-18)30-13-11-29(3)12-14-30/h8-11,17-19H,6-7,12-16H2,1-5H3,(H,28,33);7-10,16-17,20H,6,11-15H2,1-5H3,(H,27,32). The van der Waals surface area contributed by atoms with E-state index < -0.39 is 0 Å². The van der Waals surface area contributed by atoms with Gasteiger partial charge in [0.05, 0.1) is 50.9 Å². The molecule has 0 aliphatic carbocycles. The van der Waals surface area contributed by atoms with Gasteiger partial charge in [-0.15, -0.1) is 0 Å². The maximum Gasteiger partial charge on any atom is 0.337 e. The van der Waals surface area contributed by atoms with Gasteiger partial charge in [0.2, 0.25) is 0 Å². The molecule has 4 aromatic rings. The number of hydrogen-bond acceptors (Lipinski definition) is 12. The highest BCUT2D eigenvalue weighted by atomic mass is 16.5. The fraction of sp³-hybridized carbons (Fsp3) is 0.472. The number of rotatable bonds is 11. The number of piperazine rings is 2. The van der Waals surface area contributed by atoms with Crippen molar-refractivity contribution < 1.29 is 28.5 Å². The molecule has 4 aliphatic rings. The summed E-state index contributed by atoms with van der Waals surface area (Å²) in [6.45, 7) is 17.4. The smallest absolute Gasteiger partial charge is 0.337 e. The van der Waals surface area contributed by atoms with Crippen LogP contribution in [0.4, 0.5) is 21.0 Å². The Morgan fingerprint density at radius 2 is 0.986 bits per heavy atom. The third-order valence-corrected chi connectivity index (χ3v) is 13.4. The van der Waals surface area contributed by atoms with Crippen LogP contribution in [0.25, 0.3) is 0 Å². The van der Waals surface area contributed by atoms with Gasteiger partial charge >= 0.3 is 12.1 Å². The highest BCUT2D eigenvalue weighted by Gasteiger charge is 2.31. The zero-order valence-corrected chi connectivity index (χ0v) is 42.3. The van der Waals surface area contributed by atoms with Crippen LogP contribution in [0, 0.1) is 0 Å². The van der Waals surface area contributed by atoms with Gasteiger partial charge in [-0.2, -0.15) is 10.2 Å². The Bertz CT molecular complexity index is 2450. The zero-order chi connectivity index (χ0) is 49.2. The lowest BCUT2D eigenvalue weighted by Crippen LogP contribution is -2.44. The van der Waals surface area contributed by atoms with Crippen LogP contribution >= 0.6 is 0 Å². The number of amides is 4. The van der Waals surface area contributed by atoms with Crippen LogP contribution < -0.4 is 39.4 Å². The van der Waals surface area contributed by atoms with Gasteiger partial charge in [-0.05, 0) is 114 Å². The number of likely N-dealkylation sites (N-methyl/N-ethyl adjacent to an activating group) is 2.